The van der Waals surface area contributed by atoms with Crippen molar-refractivity contribution < 1.29 is 23.5 Å². The molecule has 3 heterocycles. The number of hydrogen-bond acceptors (Lipinski definition) is 6. The summed E-state index contributed by atoms with van der Waals surface area (Å²) >= 11 is 0. The van der Waals surface area contributed by atoms with Crippen LogP contribution in [0.3, 0.4) is 0 Å². The number of esters is 1. The molecule has 2 fully saturated rings. The lowest BCUT2D eigenvalue weighted by molar-refractivity contribution is -0.150. The number of hydrogen-bond donors (Lipinski definition) is 0. The zero-order valence-corrected chi connectivity index (χ0v) is 15.4. The zero-order chi connectivity index (χ0) is 18.4. The van der Waals surface area contributed by atoms with Crippen LogP contribution in [0.1, 0.15) is 25.0 Å². The van der Waals surface area contributed by atoms with Crippen LogP contribution in [0.25, 0.3) is 0 Å². The smallest absolute Gasteiger partial charge is 0.311 e. The molecule has 1 aromatic heterocycles. The van der Waals surface area contributed by atoms with Crippen molar-refractivity contribution in [1.29, 1.82) is 0 Å². The first-order valence-electron chi connectivity index (χ1n) is 9.33. The van der Waals surface area contributed by atoms with Crippen LogP contribution >= 0.6 is 0 Å². The van der Waals surface area contributed by atoms with Gasteiger partial charge in [-0.1, -0.05) is 0 Å². The van der Waals surface area contributed by atoms with E-state index in [1.807, 2.05) is 12.1 Å². The Morgan fingerprint density at radius 1 is 1.35 bits per heavy atom. The minimum Gasteiger partial charge on any atom is -0.468 e. The highest BCUT2D eigenvalue weighted by atomic mass is 16.5. The zero-order valence-electron chi connectivity index (χ0n) is 15.4. The first-order valence-corrected chi connectivity index (χ1v) is 9.33. The molecule has 7 nitrogen and oxygen atoms in total. The summed E-state index contributed by atoms with van der Waals surface area (Å²) < 4.78 is 15.9. The van der Waals surface area contributed by atoms with Crippen LogP contribution < -0.4 is 0 Å². The minimum absolute atomic E-state index is 0.00948. The van der Waals surface area contributed by atoms with Gasteiger partial charge in [-0.25, -0.2) is 0 Å². The van der Waals surface area contributed by atoms with Crippen molar-refractivity contribution in [2.24, 2.45) is 11.8 Å². The molecule has 2 saturated heterocycles. The Morgan fingerprint density at radius 3 is 2.85 bits per heavy atom. The maximum absolute atomic E-state index is 12.3. The summed E-state index contributed by atoms with van der Waals surface area (Å²) in [6, 6.07) is 3.90. The van der Waals surface area contributed by atoms with Crippen LogP contribution in [-0.4, -0.2) is 68.2 Å². The third kappa shape index (κ3) is 5.08. The first kappa shape index (κ1) is 18.9. The fraction of sp³-hybridized carbons (Fsp3) is 0.684. The molecule has 7 heteroatoms. The van der Waals surface area contributed by atoms with Gasteiger partial charge in [-0.2, -0.15) is 0 Å². The number of nitrogens with zero attached hydrogens (tertiary/aromatic N) is 2. The van der Waals surface area contributed by atoms with Crippen LogP contribution in [0.5, 0.6) is 0 Å². The van der Waals surface area contributed by atoms with E-state index in [1.165, 1.54) is 0 Å². The first-order chi connectivity index (χ1) is 12.7. The molecule has 0 bridgehead atoms. The largest absolute Gasteiger partial charge is 0.468 e. The summed E-state index contributed by atoms with van der Waals surface area (Å²) in [7, 11) is 1.60. The number of furan rings is 1. The molecule has 3 rings (SSSR count). The molecular formula is C19H28N2O5. The lowest BCUT2D eigenvalue weighted by Crippen LogP contribution is -2.35. The highest BCUT2D eigenvalue weighted by Crippen LogP contribution is 2.22. The van der Waals surface area contributed by atoms with Crippen LogP contribution in [0.15, 0.2) is 22.8 Å². The molecule has 0 N–H and O–H groups in total. The summed E-state index contributed by atoms with van der Waals surface area (Å²) in [4.78, 5) is 28.2. The highest BCUT2D eigenvalue weighted by Gasteiger charge is 2.35. The number of likely N-dealkylation sites (tertiary alicyclic amines) is 2. The van der Waals surface area contributed by atoms with E-state index in [-0.39, 0.29) is 24.2 Å². The molecule has 1 amide bonds. The molecule has 26 heavy (non-hydrogen) atoms. The summed E-state index contributed by atoms with van der Waals surface area (Å²) in [6.45, 7) is 4.72. The maximum Gasteiger partial charge on any atom is 0.311 e. The SMILES string of the molecule is COCCN1C[C@H](C(=O)OCC2CCN(Cc3ccco3)CC2)CC1=O. The molecule has 144 valence electrons. The third-order valence-electron chi connectivity index (χ3n) is 5.24. The van der Waals surface area contributed by atoms with Gasteiger partial charge in [0, 0.05) is 26.6 Å². The number of rotatable bonds is 8. The van der Waals surface area contributed by atoms with Crippen molar-refractivity contribution in [2.75, 3.05) is 46.5 Å². The van der Waals surface area contributed by atoms with Gasteiger partial charge in [-0.05, 0) is 44.0 Å². The van der Waals surface area contributed by atoms with E-state index in [0.29, 0.717) is 32.2 Å². The minimum atomic E-state index is -0.335. The molecule has 0 spiro atoms. The van der Waals surface area contributed by atoms with Crippen molar-refractivity contribution in [3.05, 3.63) is 24.2 Å². The van der Waals surface area contributed by atoms with E-state index < -0.39 is 0 Å². The van der Waals surface area contributed by atoms with Crippen molar-refractivity contribution >= 4 is 11.9 Å². The molecule has 1 atom stereocenters. The highest BCUT2D eigenvalue weighted by molar-refractivity contribution is 5.86. The van der Waals surface area contributed by atoms with Gasteiger partial charge in [0.05, 0.1) is 31.9 Å². The van der Waals surface area contributed by atoms with Gasteiger partial charge >= 0.3 is 5.97 Å². The molecule has 1 aromatic rings. The Labute approximate surface area is 154 Å². The lowest BCUT2D eigenvalue weighted by atomic mass is 9.97. The third-order valence-corrected chi connectivity index (χ3v) is 5.24. The second kappa shape index (κ2) is 9.19. The Bertz CT molecular complexity index is 581. The number of amides is 1. The maximum atomic E-state index is 12.3. The van der Waals surface area contributed by atoms with Crippen LogP contribution in [0.4, 0.5) is 0 Å². The number of ether oxygens (including phenoxy) is 2. The molecule has 0 aromatic carbocycles. The average molecular weight is 364 g/mol. The van der Waals surface area contributed by atoms with E-state index in [0.717, 1.165) is 38.2 Å². The van der Waals surface area contributed by atoms with Crippen LogP contribution in [0, 0.1) is 11.8 Å². The monoisotopic (exact) mass is 364 g/mol. The topological polar surface area (TPSA) is 72.2 Å². The van der Waals surface area contributed by atoms with Crippen molar-refractivity contribution in [3.8, 4) is 0 Å². The predicted molar refractivity (Wildman–Crippen MR) is 94.2 cm³/mol. The fourth-order valence-electron chi connectivity index (χ4n) is 3.60. The molecule has 2 aliphatic heterocycles. The number of piperidine rings is 1. The van der Waals surface area contributed by atoms with Gasteiger partial charge in [-0.15, -0.1) is 0 Å². The Morgan fingerprint density at radius 2 is 2.15 bits per heavy atom. The van der Waals surface area contributed by atoms with E-state index in [4.69, 9.17) is 13.9 Å². The fourth-order valence-corrected chi connectivity index (χ4v) is 3.60. The average Bonchev–Trinajstić information content (AvgIpc) is 3.29. The Hall–Kier alpha value is -1.86. The molecule has 0 unspecified atom stereocenters. The van der Waals surface area contributed by atoms with Gasteiger partial charge in [0.15, 0.2) is 0 Å². The quantitative estimate of drug-likeness (QED) is 0.652. The predicted octanol–water partition coefficient (Wildman–Crippen LogP) is 1.53. The van der Waals surface area contributed by atoms with Crippen molar-refractivity contribution in [1.82, 2.24) is 9.80 Å². The second-order valence-electron chi connectivity index (χ2n) is 7.16. The van der Waals surface area contributed by atoms with Crippen molar-refractivity contribution in [2.45, 2.75) is 25.8 Å². The number of carbonyl (C=O) groups excluding carboxylic acids is 2. The van der Waals surface area contributed by atoms with E-state index in [2.05, 4.69) is 4.90 Å². The van der Waals surface area contributed by atoms with Gasteiger partial charge in [0.1, 0.15) is 5.76 Å². The van der Waals surface area contributed by atoms with Gasteiger partial charge in [0.25, 0.3) is 0 Å². The molecule has 2 aliphatic rings. The summed E-state index contributed by atoms with van der Waals surface area (Å²) in [5, 5.41) is 0. The summed E-state index contributed by atoms with van der Waals surface area (Å²) in [6.07, 6.45) is 3.98. The molecular weight excluding hydrogens is 336 g/mol. The van der Waals surface area contributed by atoms with E-state index >= 15 is 0 Å². The Kier molecular flexibility index (Phi) is 6.68. The van der Waals surface area contributed by atoms with Crippen LogP contribution in [-0.2, 0) is 25.6 Å². The molecule has 0 aliphatic carbocycles. The summed E-state index contributed by atoms with van der Waals surface area (Å²) in [5.41, 5.74) is 0. The molecule has 0 saturated carbocycles. The number of carbonyl (C=O) groups is 2. The van der Waals surface area contributed by atoms with E-state index in [9.17, 15) is 9.59 Å². The summed E-state index contributed by atoms with van der Waals surface area (Å²) in [5.74, 6) is 0.817. The second-order valence-corrected chi connectivity index (χ2v) is 7.16. The van der Waals surface area contributed by atoms with Crippen LogP contribution in [0.2, 0.25) is 0 Å². The van der Waals surface area contributed by atoms with Crippen molar-refractivity contribution in [3.63, 3.8) is 0 Å². The van der Waals surface area contributed by atoms with E-state index in [1.54, 1.807) is 18.3 Å². The van der Waals surface area contributed by atoms with Gasteiger partial charge in [-0.3, -0.25) is 14.5 Å². The van der Waals surface area contributed by atoms with Gasteiger partial charge < -0.3 is 18.8 Å². The normalized spacial score (nSPS) is 22.1. The molecule has 0 radical (unpaired) electrons. The Balaban J connectivity index is 1.34. The standard InChI is InChI=1S/C19H28N2O5/c1-24-10-8-21-12-16(11-18(21)22)19(23)26-14-15-4-6-20(7-5-15)13-17-3-2-9-25-17/h2-3,9,15-16H,4-8,10-14H2,1H3/t16-/m1/s1. The lowest BCUT2D eigenvalue weighted by Gasteiger charge is -2.31. The number of methoxy groups -OCH3 is 1. The van der Waals surface area contributed by atoms with Gasteiger partial charge in [0.2, 0.25) is 5.91 Å².